The van der Waals surface area contributed by atoms with Crippen molar-refractivity contribution in [3.8, 4) is 0 Å². The maximum absolute atomic E-state index is 12.4. The fraction of sp³-hybridized carbons (Fsp3) is 0.833. The van der Waals surface area contributed by atoms with Crippen LogP contribution in [0.25, 0.3) is 0 Å². The molecule has 96 valence electrons. The van der Waals surface area contributed by atoms with Crippen molar-refractivity contribution in [3.63, 3.8) is 0 Å². The Morgan fingerprint density at radius 2 is 1.82 bits per heavy atom. The number of hydrogen-bond donors (Lipinski definition) is 1. The highest BCUT2D eigenvalue weighted by Crippen LogP contribution is 2.25. The van der Waals surface area contributed by atoms with Crippen LogP contribution in [0.2, 0.25) is 0 Å². The van der Waals surface area contributed by atoms with Crippen molar-refractivity contribution >= 4 is 23.2 Å². The molecular weight excluding hydrogens is 234 g/mol. The maximum atomic E-state index is 12.4. The van der Waals surface area contributed by atoms with Gasteiger partial charge in [0.15, 0.2) is 0 Å². The minimum atomic E-state index is 0.141. The highest BCUT2D eigenvalue weighted by atomic mass is 32.1. The van der Waals surface area contributed by atoms with Crippen LogP contribution in [0.15, 0.2) is 0 Å². The van der Waals surface area contributed by atoms with Gasteiger partial charge >= 0.3 is 6.03 Å². The smallest absolute Gasteiger partial charge is 0.320 e. The molecule has 2 aliphatic rings. The van der Waals surface area contributed by atoms with Gasteiger partial charge in [0.1, 0.15) is 0 Å². The molecule has 0 atom stereocenters. The molecule has 2 fully saturated rings. The van der Waals surface area contributed by atoms with E-state index < -0.39 is 0 Å². The molecule has 0 aromatic heterocycles. The number of likely N-dealkylation sites (tertiary alicyclic amines) is 1. The number of carbonyl (C=O) groups is 1. The summed E-state index contributed by atoms with van der Waals surface area (Å²) in [6.45, 7) is 2.22. The number of amides is 2. The minimum absolute atomic E-state index is 0.141. The quantitative estimate of drug-likeness (QED) is 0.781. The Bertz CT molecular complexity index is 296. The fourth-order valence-electron chi connectivity index (χ4n) is 2.83. The Labute approximate surface area is 108 Å². The lowest BCUT2D eigenvalue weighted by atomic mass is 10.2. The van der Waals surface area contributed by atoms with Crippen LogP contribution in [-0.4, -0.2) is 46.5 Å². The molecule has 0 aromatic rings. The van der Waals surface area contributed by atoms with Crippen molar-refractivity contribution < 1.29 is 4.79 Å². The standard InChI is InChI=1S/C12H21N3OS/c13-11(17)9-15(10-5-1-2-6-10)12(16)14-7-3-4-8-14/h10H,1-9H2,(H2,13,17). The van der Waals surface area contributed by atoms with Crippen LogP contribution in [0.5, 0.6) is 0 Å². The van der Waals surface area contributed by atoms with Gasteiger partial charge in [-0.1, -0.05) is 25.1 Å². The van der Waals surface area contributed by atoms with Crippen molar-refractivity contribution in [1.29, 1.82) is 0 Å². The maximum Gasteiger partial charge on any atom is 0.320 e. The summed E-state index contributed by atoms with van der Waals surface area (Å²) in [6.07, 6.45) is 6.87. The summed E-state index contributed by atoms with van der Waals surface area (Å²) in [5.41, 5.74) is 5.62. The molecule has 0 spiro atoms. The Balaban J connectivity index is 2.02. The first-order chi connectivity index (χ1) is 8.18. The molecular formula is C12H21N3OS. The van der Waals surface area contributed by atoms with Gasteiger partial charge < -0.3 is 15.5 Å². The van der Waals surface area contributed by atoms with Crippen LogP contribution in [-0.2, 0) is 0 Å². The zero-order valence-corrected chi connectivity index (χ0v) is 11.0. The summed E-state index contributed by atoms with van der Waals surface area (Å²) in [5, 5.41) is 0. The number of hydrogen-bond acceptors (Lipinski definition) is 2. The van der Waals surface area contributed by atoms with E-state index in [0.717, 1.165) is 38.8 Å². The van der Waals surface area contributed by atoms with Gasteiger partial charge in [0.25, 0.3) is 0 Å². The first-order valence-electron chi connectivity index (χ1n) is 6.52. The van der Waals surface area contributed by atoms with E-state index in [4.69, 9.17) is 18.0 Å². The van der Waals surface area contributed by atoms with E-state index in [-0.39, 0.29) is 6.03 Å². The van der Waals surface area contributed by atoms with Crippen LogP contribution in [0.1, 0.15) is 38.5 Å². The third-order valence-corrected chi connectivity index (χ3v) is 3.84. The zero-order chi connectivity index (χ0) is 12.3. The second-order valence-corrected chi connectivity index (χ2v) is 5.53. The Morgan fingerprint density at radius 1 is 1.24 bits per heavy atom. The number of nitrogens with two attached hydrogens (primary N) is 1. The van der Waals surface area contributed by atoms with Crippen LogP contribution in [0.3, 0.4) is 0 Å². The topological polar surface area (TPSA) is 49.6 Å². The molecule has 1 heterocycles. The summed E-state index contributed by atoms with van der Waals surface area (Å²) in [5.74, 6) is 0. The van der Waals surface area contributed by atoms with E-state index in [1.54, 1.807) is 0 Å². The molecule has 17 heavy (non-hydrogen) atoms. The van der Waals surface area contributed by atoms with Crippen molar-refractivity contribution in [3.05, 3.63) is 0 Å². The predicted molar refractivity (Wildman–Crippen MR) is 72.0 cm³/mol. The lowest BCUT2D eigenvalue weighted by molar-refractivity contribution is 0.151. The van der Waals surface area contributed by atoms with E-state index in [2.05, 4.69) is 0 Å². The Morgan fingerprint density at radius 3 is 2.35 bits per heavy atom. The van der Waals surface area contributed by atoms with Gasteiger partial charge in [0.2, 0.25) is 0 Å². The van der Waals surface area contributed by atoms with E-state index in [0.29, 0.717) is 17.6 Å². The number of thiocarbonyl (C=S) groups is 1. The van der Waals surface area contributed by atoms with Gasteiger partial charge in [-0.2, -0.15) is 0 Å². The molecule has 2 rings (SSSR count). The summed E-state index contributed by atoms with van der Waals surface area (Å²) in [4.78, 5) is 16.7. The third-order valence-electron chi connectivity index (χ3n) is 3.71. The van der Waals surface area contributed by atoms with Gasteiger partial charge in [-0.15, -0.1) is 0 Å². The van der Waals surface area contributed by atoms with Crippen molar-refractivity contribution in [1.82, 2.24) is 9.80 Å². The first-order valence-corrected chi connectivity index (χ1v) is 6.93. The molecule has 2 amide bonds. The lowest BCUT2D eigenvalue weighted by Gasteiger charge is -2.32. The first kappa shape index (κ1) is 12.6. The van der Waals surface area contributed by atoms with Gasteiger partial charge in [0.05, 0.1) is 11.5 Å². The van der Waals surface area contributed by atoms with Gasteiger partial charge in [0, 0.05) is 19.1 Å². The van der Waals surface area contributed by atoms with Gasteiger partial charge in [-0.3, -0.25) is 0 Å². The highest BCUT2D eigenvalue weighted by molar-refractivity contribution is 7.80. The molecule has 0 aromatic carbocycles. The van der Waals surface area contributed by atoms with E-state index in [1.165, 1.54) is 12.8 Å². The van der Waals surface area contributed by atoms with Gasteiger partial charge in [-0.25, -0.2) is 4.79 Å². The highest BCUT2D eigenvalue weighted by Gasteiger charge is 2.31. The van der Waals surface area contributed by atoms with E-state index >= 15 is 0 Å². The molecule has 5 heteroatoms. The minimum Gasteiger partial charge on any atom is -0.392 e. The van der Waals surface area contributed by atoms with Crippen molar-refractivity contribution in [2.75, 3.05) is 19.6 Å². The monoisotopic (exact) mass is 255 g/mol. The summed E-state index contributed by atoms with van der Waals surface area (Å²) < 4.78 is 0. The Kier molecular flexibility index (Phi) is 4.20. The second kappa shape index (κ2) is 5.67. The summed E-state index contributed by atoms with van der Waals surface area (Å²) in [7, 11) is 0. The van der Waals surface area contributed by atoms with Crippen molar-refractivity contribution in [2.24, 2.45) is 5.73 Å². The fourth-order valence-corrected chi connectivity index (χ4v) is 2.97. The molecule has 0 bridgehead atoms. The lowest BCUT2D eigenvalue weighted by Crippen LogP contribution is -2.49. The second-order valence-electron chi connectivity index (χ2n) is 5.01. The molecule has 1 aliphatic carbocycles. The van der Waals surface area contributed by atoms with Crippen LogP contribution < -0.4 is 5.73 Å². The average Bonchev–Trinajstić information content (AvgIpc) is 2.96. The average molecular weight is 255 g/mol. The van der Waals surface area contributed by atoms with Crippen LogP contribution in [0.4, 0.5) is 4.79 Å². The van der Waals surface area contributed by atoms with Crippen LogP contribution >= 0.6 is 12.2 Å². The van der Waals surface area contributed by atoms with E-state index in [1.807, 2.05) is 9.80 Å². The molecule has 0 unspecified atom stereocenters. The third kappa shape index (κ3) is 3.09. The van der Waals surface area contributed by atoms with Crippen molar-refractivity contribution in [2.45, 2.75) is 44.6 Å². The number of urea groups is 1. The summed E-state index contributed by atoms with van der Waals surface area (Å²) in [6, 6.07) is 0.492. The molecule has 1 aliphatic heterocycles. The number of nitrogens with zero attached hydrogens (tertiary/aromatic N) is 2. The predicted octanol–water partition coefficient (Wildman–Crippen LogP) is 1.73. The summed E-state index contributed by atoms with van der Waals surface area (Å²) >= 11 is 4.97. The van der Waals surface area contributed by atoms with Crippen LogP contribution in [0, 0.1) is 0 Å². The molecule has 2 N–H and O–H groups in total. The SMILES string of the molecule is NC(=S)CN(C(=O)N1CCCC1)C1CCCC1. The zero-order valence-electron chi connectivity index (χ0n) is 10.2. The Hall–Kier alpha value is -0.840. The van der Waals surface area contributed by atoms with E-state index in [9.17, 15) is 4.79 Å². The van der Waals surface area contributed by atoms with Gasteiger partial charge in [-0.05, 0) is 25.7 Å². The largest absolute Gasteiger partial charge is 0.392 e. The molecule has 1 saturated carbocycles. The normalized spacial score (nSPS) is 20.8. The molecule has 1 saturated heterocycles. The number of carbonyl (C=O) groups excluding carboxylic acids is 1. The molecule has 4 nitrogen and oxygen atoms in total. The number of rotatable bonds is 3. The molecule has 0 radical (unpaired) electrons.